The summed E-state index contributed by atoms with van der Waals surface area (Å²) in [7, 11) is 0. The van der Waals surface area contributed by atoms with E-state index >= 15 is 0 Å². The molecule has 1 heteroatoms. The van der Waals surface area contributed by atoms with Gasteiger partial charge in [-0.15, -0.1) is 0 Å². The van der Waals surface area contributed by atoms with Gasteiger partial charge in [-0.2, -0.15) is 0 Å². The van der Waals surface area contributed by atoms with Gasteiger partial charge in [0.15, 0.2) is 0 Å². The topological polar surface area (TPSA) is 0 Å². The van der Waals surface area contributed by atoms with Crippen molar-refractivity contribution < 1.29 is 4.39 Å². The molecule has 0 spiro atoms. The van der Waals surface area contributed by atoms with Crippen LogP contribution >= 0.6 is 0 Å². The van der Waals surface area contributed by atoms with Gasteiger partial charge in [0, 0.05) is 0 Å². The van der Waals surface area contributed by atoms with Crippen molar-refractivity contribution in [2.24, 2.45) is 0 Å². The maximum Gasteiger partial charge on any atom is 0.123 e. The highest BCUT2D eigenvalue weighted by molar-refractivity contribution is 5.36. The summed E-state index contributed by atoms with van der Waals surface area (Å²) in [5, 5.41) is 0. The monoisotopic (exact) mass is 268 g/mol. The zero-order valence-corrected chi connectivity index (χ0v) is 12.2. The van der Waals surface area contributed by atoms with E-state index in [0.29, 0.717) is 5.92 Å². The molecule has 0 saturated heterocycles. The molecule has 2 aromatic carbocycles. The van der Waals surface area contributed by atoms with Gasteiger partial charge in [0.1, 0.15) is 5.82 Å². The van der Waals surface area contributed by atoms with Crippen LogP contribution in [0.15, 0.2) is 48.5 Å². The van der Waals surface area contributed by atoms with Crippen LogP contribution in [0.5, 0.6) is 0 Å². The molecule has 1 aliphatic rings. The molecule has 2 atom stereocenters. The first-order chi connectivity index (χ1) is 9.59. The van der Waals surface area contributed by atoms with Crippen LogP contribution < -0.4 is 0 Å². The lowest BCUT2D eigenvalue weighted by atomic mass is 9.71. The summed E-state index contributed by atoms with van der Waals surface area (Å²) in [5.41, 5.74) is 4.11. The molecule has 3 rings (SSSR count). The van der Waals surface area contributed by atoms with Gasteiger partial charge in [0.2, 0.25) is 0 Å². The number of benzene rings is 2. The Morgan fingerprint density at radius 3 is 2.30 bits per heavy atom. The fourth-order valence-electron chi connectivity index (χ4n) is 3.68. The number of rotatable bonds is 2. The first-order valence-corrected chi connectivity index (χ1v) is 7.42. The Morgan fingerprint density at radius 2 is 1.65 bits per heavy atom. The van der Waals surface area contributed by atoms with E-state index < -0.39 is 0 Å². The van der Waals surface area contributed by atoms with E-state index in [1.165, 1.54) is 36.0 Å². The quantitative estimate of drug-likeness (QED) is 0.688. The molecule has 0 N–H and O–H groups in total. The Labute approximate surface area is 120 Å². The average molecular weight is 268 g/mol. The molecule has 20 heavy (non-hydrogen) atoms. The molecule has 2 aromatic rings. The Hall–Kier alpha value is -1.63. The average Bonchev–Trinajstić information content (AvgIpc) is 2.84. The third-order valence-electron chi connectivity index (χ3n) is 4.94. The fraction of sp³-hybridized carbons (Fsp3) is 0.368. The zero-order chi connectivity index (χ0) is 14.2. The fourth-order valence-corrected chi connectivity index (χ4v) is 3.68. The molecule has 1 saturated carbocycles. The van der Waals surface area contributed by atoms with E-state index in [1.807, 2.05) is 12.1 Å². The molecular weight excluding hydrogens is 247 g/mol. The van der Waals surface area contributed by atoms with E-state index in [4.69, 9.17) is 0 Å². The highest BCUT2D eigenvalue weighted by Gasteiger charge is 2.40. The van der Waals surface area contributed by atoms with Gasteiger partial charge < -0.3 is 0 Å². The van der Waals surface area contributed by atoms with Gasteiger partial charge in [0.05, 0.1) is 0 Å². The number of hydrogen-bond donors (Lipinski definition) is 0. The highest BCUT2D eigenvalue weighted by atomic mass is 19.1. The Morgan fingerprint density at radius 1 is 1.00 bits per heavy atom. The van der Waals surface area contributed by atoms with Gasteiger partial charge >= 0.3 is 0 Å². The minimum absolute atomic E-state index is 0.128. The maximum atomic E-state index is 13.2. The van der Waals surface area contributed by atoms with Crippen LogP contribution in [-0.2, 0) is 5.41 Å². The molecule has 0 amide bonds. The molecule has 0 aliphatic heterocycles. The normalized spacial score (nSPS) is 25.9. The third-order valence-corrected chi connectivity index (χ3v) is 4.94. The lowest BCUT2D eigenvalue weighted by Crippen LogP contribution is -2.25. The van der Waals surface area contributed by atoms with Gasteiger partial charge in [0.25, 0.3) is 0 Å². The smallest absolute Gasteiger partial charge is 0.123 e. The lowest BCUT2D eigenvalue weighted by Gasteiger charge is -2.33. The molecule has 0 nitrogen and oxygen atoms in total. The Kier molecular flexibility index (Phi) is 3.37. The predicted octanol–water partition coefficient (Wildman–Crippen LogP) is 5.36. The number of hydrogen-bond acceptors (Lipinski definition) is 0. The molecule has 104 valence electrons. The number of aryl methyl sites for hydroxylation is 1. The van der Waals surface area contributed by atoms with Gasteiger partial charge in [-0.3, -0.25) is 0 Å². The SMILES string of the molecule is Cc1ccc(C2CCCC2(C)c2ccc(F)cc2)cc1. The molecule has 0 bridgehead atoms. The summed E-state index contributed by atoms with van der Waals surface area (Å²) in [6, 6.07) is 16.0. The lowest BCUT2D eigenvalue weighted by molar-refractivity contribution is 0.431. The van der Waals surface area contributed by atoms with Crippen LogP contribution in [0.4, 0.5) is 4.39 Å². The summed E-state index contributed by atoms with van der Waals surface area (Å²) in [6.45, 7) is 4.45. The minimum Gasteiger partial charge on any atom is -0.207 e. The van der Waals surface area contributed by atoms with Gasteiger partial charge in [-0.05, 0) is 54.4 Å². The first-order valence-electron chi connectivity index (χ1n) is 7.42. The largest absolute Gasteiger partial charge is 0.207 e. The predicted molar refractivity (Wildman–Crippen MR) is 81.5 cm³/mol. The van der Waals surface area contributed by atoms with Crippen molar-refractivity contribution in [3.63, 3.8) is 0 Å². The molecule has 1 fully saturated rings. The summed E-state index contributed by atoms with van der Waals surface area (Å²) in [4.78, 5) is 0. The van der Waals surface area contributed by atoms with Gasteiger partial charge in [-0.1, -0.05) is 55.3 Å². The number of halogens is 1. The van der Waals surface area contributed by atoms with Crippen molar-refractivity contribution in [3.8, 4) is 0 Å². The maximum absolute atomic E-state index is 13.2. The molecule has 1 aliphatic carbocycles. The Balaban J connectivity index is 1.98. The summed E-state index contributed by atoms with van der Waals surface area (Å²) >= 11 is 0. The third kappa shape index (κ3) is 2.26. The van der Waals surface area contributed by atoms with E-state index in [1.54, 1.807) is 12.1 Å². The van der Waals surface area contributed by atoms with Crippen molar-refractivity contribution in [2.45, 2.75) is 44.4 Å². The standard InChI is InChI=1S/C19H21F/c1-14-5-7-15(8-6-14)18-4-3-13-19(18,2)16-9-11-17(20)12-10-16/h5-12,18H,3-4,13H2,1-2H3. The van der Waals surface area contributed by atoms with E-state index in [-0.39, 0.29) is 11.2 Å². The second-order valence-corrected chi connectivity index (χ2v) is 6.28. The van der Waals surface area contributed by atoms with Crippen molar-refractivity contribution in [3.05, 3.63) is 71.0 Å². The van der Waals surface area contributed by atoms with Crippen LogP contribution in [0.2, 0.25) is 0 Å². The first kappa shape index (κ1) is 13.4. The molecule has 2 unspecified atom stereocenters. The van der Waals surface area contributed by atoms with Crippen LogP contribution in [0.25, 0.3) is 0 Å². The molecule has 0 heterocycles. The van der Waals surface area contributed by atoms with Crippen molar-refractivity contribution in [2.75, 3.05) is 0 Å². The van der Waals surface area contributed by atoms with E-state index in [0.717, 1.165) is 0 Å². The van der Waals surface area contributed by atoms with Crippen molar-refractivity contribution in [1.82, 2.24) is 0 Å². The van der Waals surface area contributed by atoms with E-state index in [2.05, 4.69) is 38.1 Å². The zero-order valence-electron chi connectivity index (χ0n) is 12.2. The van der Waals surface area contributed by atoms with Gasteiger partial charge in [-0.25, -0.2) is 4.39 Å². The summed E-state index contributed by atoms with van der Waals surface area (Å²) in [5.74, 6) is 0.385. The second-order valence-electron chi connectivity index (χ2n) is 6.28. The van der Waals surface area contributed by atoms with Crippen LogP contribution in [0.1, 0.15) is 48.8 Å². The summed E-state index contributed by atoms with van der Waals surface area (Å²) in [6.07, 6.45) is 3.64. The van der Waals surface area contributed by atoms with Crippen LogP contribution in [0, 0.1) is 12.7 Å². The molecule has 0 aromatic heterocycles. The summed E-state index contributed by atoms with van der Waals surface area (Å²) < 4.78 is 13.2. The highest BCUT2D eigenvalue weighted by Crippen LogP contribution is 2.50. The van der Waals surface area contributed by atoms with Crippen LogP contribution in [0.3, 0.4) is 0 Å². The minimum atomic E-state index is -0.151. The van der Waals surface area contributed by atoms with Crippen molar-refractivity contribution in [1.29, 1.82) is 0 Å². The Bertz CT molecular complexity index is 582. The van der Waals surface area contributed by atoms with Crippen LogP contribution in [-0.4, -0.2) is 0 Å². The van der Waals surface area contributed by atoms with E-state index in [9.17, 15) is 4.39 Å². The van der Waals surface area contributed by atoms with Crippen molar-refractivity contribution >= 4 is 0 Å². The molecular formula is C19H21F. The molecule has 0 radical (unpaired) electrons. The second kappa shape index (κ2) is 5.05.